The summed E-state index contributed by atoms with van der Waals surface area (Å²) in [6.45, 7) is 12.4. The lowest BCUT2D eigenvalue weighted by molar-refractivity contribution is -0.136. The van der Waals surface area contributed by atoms with Gasteiger partial charge in [-0.3, -0.25) is 9.59 Å². The van der Waals surface area contributed by atoms with Crippen molar-refractivity contribution in [3.63, 3.8) is 0 Å². The highest BCUT2D eigenvalue weighted by Crippen LogP contribution is 2.51. The molecular formula is C44H54F2N8O6. The number of carbonyl (C=O) groups is 3. The van der Waals surface area contributed by atoms with Gasteiger partial charge < -0.3 is 45.0 Å². The van der Waals surface area contributed by atoms with Crippen molar-refractivity contribution in [1.29, 1.82) is 0 Å². The number of rotatable bonds is 9. The molecule has 3 amide bonds. The van der Waals surface area contributed by atoms with Crippen molar-refractivity contribution in [2.75, 3.05) is 26.8 Å². The third-order valence-electron chi connectivity index (χ3n) is 12.8. The zero-order valence-corrected chi connectivity index (χ0v) is 35.1. The molecule has 2 aromatic carbocycles. The Morgan fingerprint density at radius 3 is 2.33 bits per heavy atom. The molecule has 320 valence electrons. The first-order valence-corrected chi connectivity index (χ1v) is 20.8. The summed E-state index contributed by atoms with van der Waals surface area (Å²) < 4.78 is 48.4. The first-order valence-electron chi connectivity index (χ1n) is 20.8. The van der Waals surface area contributed by atoms with E-state index in [4.69, 9.17) is 24.9 Å². The van der Waals surface area contributed by atoms with Gasteiger partial charge in [0.15, 0.2) is 0 Å². The maximum Gasteiger partial charge on any atom is 0.407 e. The summed E-state index contributed by atoms with van der Waals surface area (Å²) in [6, 6.07) is 6.30. The highest BCUT2D eigenvalue weighted by atomic mass is 19.1. The second kappa shape index (κ2) is 15.6. The summed E-state index contributed by atoms with van der Waals surface area (Å²) in [7, 11) is 1.27. The number of imidazole rings is 2. The zero-order chi connectivity index (χ0) is 42.8. The number of carbonyl (C=O) groups excluding carboxylic acids is 3. The molecule has 0 saturated carbocycles. The molecule has 6 heterocycles. The van der Waals surface area contributed by atoms with Crippen molar-refractivity contribution in [2.24, 2.45) is 17.6 Å². The van der Waals surface area contributed by atoms with Crippen LogP contribution in [0.3, 0.4) is 0 Å². The van der Waals surface area contributed by atoms with Crippen molar-refractivity contribution < 1.29 is 37.4 Å². The number of nitrogens with two attached hydrogens (primary N) is 1. The van der Waals surface area contributed by atoms with E-state index in [0.29, 0.717) is 54.0 Å². The lowest BCUT2D eigenvalue weighted by atomic mass is 9.75. The van der Waals surface area contributed by atoms with Gasteiger partial charge in [-0.1, -0.05) is 41.5 Å². The van der Waals surface area contributed by atoms with E-state index < -0.39 is 53.3 Å². The Bertz CT molecular complexity index is 2300. The second-order valence-electron chi connectivity index (χ2n) is 17.9. The van der Waals surface area contributed by atoms with E-state index in [1.54, 1.807) is 17.2 Å². The number of H-pyrrole nitrogens is 2. The number of hydrogen-bond acceptors (Lipinski definition) is 9. The largest absolute Gasteiger partial charge is 0.457 e. The zero-order valence-electron chi connectivity index (χ0n) is 35.1. The minimum atomic E-state index is -1.23. The summed E-state index contributed by atoms with van der Waals surface area (Å²) >= 11 is 0. The molecule has 16 heteroatoms. The predicted octanol–water partition coefficient (Wildman–Crippen LogP) is 6.84. The Kier molecular flexibility index (Phi) is 10.8. The fourth-order valence-corrected chi connectivity index (χ4v) is 9.27. The molecule has 4 aliphatic heterocycles. The average Bonchev–Trinajstić information content (AvgIpc) is 4.07. The van der Waals surface area contributed by atoms with Crippen molar-refractivity contribution in [3.05, 3.63) is 71.3 Å². The third kappa shape index (κ3) is 7.31. The number of ether oxygens (including phenoxy) is 3. The number of benzene rings is 2. The molecule has 1 spiro atoms. The second-order valence-corrected chi connectivity index (χ2v) is 17.9. The quantitative estimate of drug-likeness (QED) is 0.141. The summed E-state index contributed by atoms with van der Waals surface area (Å²) in [6.07, 6.45) is 3.68. The number of aromatic amines is 2. The molecule has 3 fully saturated rings. The van der Waals surface area contributed by atoms with Crippen LogP contribution in [-0.2, 0) is 24.5 Å². The minimum Gasteiger partial charge on any atom is -0.457 e. The number of likely N-dealkylation sites (tertiary alicyclic amines) is 2. The Morgan fingerprint density at radius 2 is 1.65 bits per heavy atom. The van der Waals surface area contributed by atoms with Crippen molar-refractivity contribution >= 4 is 17.9 Å². The molecule has 60 heavy (non-hydrogen) atoms. The number of hydrogen-bond donors (Lipinski definition) is 4. The summed E-state index contributed by atoms with van der Waals surface area (Å²) in [4.78, 5) is 58.6. The van der Waals surface area contributed by atoms with E-state index in [1.165, 1.54) is 24.3 Å². The summed E-state index contributed by atoms with van der Waals surface area (Å²) in [5.74, 6) is 0.684. The molecule has 4 aromatic rings. The van der Waals surface area contributed by atoms with Crippen LogP contribution in [0.5, 0.6) is 11.5 Å². The van der Waals surface area contributed by atoms with Gasteiger partial charge in [-0.25, -0.2) is 23.5 Å². The van der Waals surface area contributed by atoms with Crippen LogP contribution >= 0.6 is 0 Å². The van der Waals surface area contributed by atoms with E-state index in [0.717, 1.165) is 29.7 Å². The fourth-order valence-electron chi connectivity index (χ4n) is 9.27. The number of halogens is 2. The van der Waals surface area contributed by atoms with Crippen molar-refractivity contribution in [3.8, 4) is 34.0 Å². The van der Waals surface area contributed by atoms with Crippen LogP contribution in [0.4, 0.5) is 13.6 Å². The van der Waals surface area contributed by atoms with E-state index >= 15 is 4.39 Å². The highest BCUT2D eigenvalue weighted by Gasteiger charge is 2.51. The van der Waals surface area contributed by atoms with E-state index in [1.807, 2.05) is 59.7 Å². The predicted molar refractivity (Wildman–Crippen MR) is 218 cm³/mol. The number of nitrogens with zero attached hydrogens (tertiary/aromatic N) is 4. The lowest BCUT2D eigenvalue weighted by Gasteiger charge is -2.35. The first-order chi connectivity index (χ1) is 28.5. The molecule has 6 unspecified atom stereocenters. The van der Waals surface area contributed by atoms with Crippen LogP contribution in [0.1, 0.15) is 102 Å². The van der Waals surface area contributed by atoms with Crippen molar-refractivity contribution in [2.45, 2.75) is 109 Å². The Labute approximate surface area is 347 Å². The molecule has 5 N–H and O–H groups in total. The van der Waals surface area contributed by atoms with Gasteiger partial charge in [0.25, 0.3) is 0 Å². The van der Waals surface area contributed by atoms with Gasteiger partial charge in [0.1, 0.15) is 41.2 Å². The standard InChI is InChI=1S/C44H54F2N8O6/c1-22(2)36(47)40(55)53-20-25(45)14-32(53)38-49-19-31(51-38)26-15-35-28(16-29(26)46)43(5,6)27-13-24(9-10-34(27)60-35)30-18-48-39(50-30)33-17-44(11-8-12-59-44)21-54(33)41(56)37(23(3)4)52-42(57)58-7/h9-10,13,15-16,18-19,22-23,25,32-33,36-37H,8,11-12,14,17,20-21,47H2,1-7H3,(H,48,50)(H,49,51)(H,52,57). The Morgan fingerprint density at radius 1 is 0.950 bits per heavy atom. The molecule has 4 aliphatic rings. The summed E-state index contributed by atoms with van der Waals surface area (Å²) in [5, 5.41) is 2.72. The number of nitrogens with one attached hydrogen (secondary N) is 3. The van der Waals surface area contributed by atoms with E-state index in [9.17, 15) is 18.8 Å². The van der Waals surface area contributed by atoms with Crippen LogP contribution < -0.4 is 15.8 Å². The van der Waals surface area contributed by atoms with Crippen LogP contribution in [0.25, 0.3) is 22.5 Å². The van der Waals surface area contributed by atoms with Gasteiger partial charge in [-0.2, -0.15) is 0 Å². The van der Waals surface area contributed by atoms with Crippen molar-refractivity contribution in [1.82, 2.24) is 35.1 Å². The maximum absolute atomic E-state index is 16.2. The van der Waals surface area contributed by atoms with Gasteiger partial charge in [-0.05, 0) is 55.0 Å². The van der Waals surface area contributed by atoms with E-state index in [2.05, 4.69) is 20.3 Å². The summed E-state index contributed by atoms with van der Waals surface area (Å²) in [5.41, 5.74) is 8.62. The van der Waals surface area contributed by atoms with Gasteiger partial charge in [0.2, 0.25) is 11.8 Å². The lowest BCUT2D eigenvalue weighted by Crippen LogP contribution is -2.51. The van der Waals surface area contributed by atoms with Crippen LogP contribution in [0.2, 0.25) is 0 Å². The molecule has 3 saturated heterocycles. The van der Waals surface area contributed by atoms with Gasteiger partial charge in [0, 0.05) is 47.1 Å². The smallest absolute Gasteiger partial charge is 0.407 e. The number of alkyl carbamates (subject to hydrolysis) is 1. The molecule has 0 bridgehead atoms. The molecule has 6 atom stereocenters. The average molecular weight is 829 g/mol. The molecule has 14 nitrogen and oxygen atoms in total. The van der Waals surface area contributed by atoms with Gasteiger partial charge in [-0.15, -0.1) is 0 Å². The number of aromatic nitrogens is 4. The van der Waals surface area contributed by atoms with Crippen LogP contribution in [0, 0.1) is 17.7 Å². The van der Waals surface area contributed by atoms with Crippen LogP contribution in [0.15, 0.2) is 42.7 Å². The highest BCUT2D eigenvalue weighted by molar-refractivity contribution is 5.87. The maximum atomic E-state index is 16.2. The molecule has 0 radical (unpaired) electrons. The molecule has 8 rings (SSSR count). The van der Waals surface area contributed by atoms with E-state index in [-0.39, 0.29) is 42.2 Å². The minimum absolute atomic E-state index is 0.0649. The first kappa shape index (κ1) is 41.4. The monoisotopic (exact) mass is 828 g/mol. The number of fused-ring (bicyclic) bond motifs is 2. The Balaban J connectivity index is 1.05. The molecule has 2 aromatic heterocycles. The van der Waals surface area contributed by atoms with Gasteiger partial charge in [0.05, 0.1) is 67.7 Å². The molecule has 0 aliphatic carbocycles. The number of amides is 3. The fraction of sp³-hybridized carbons (Fsp3) is 0.523. The number of methoxy groups -OCH3 is 1. The van der Waals surface area contributed by atoms with Crippen LogP contribution in [-0.4, -0.2) is 98.3 Å². The Hall–Kier alpha value is -5.35. The van der Waals surface area contributed by atoms with Gasteiger partial charge >= 0.3 is 6.09 Å². The topological polar surface area (TPSA) is 181 Å². The third-order valence-corrected chi connectivity index (χ3v) is 12.8. The molecular weight excluding hydrogens is 775 g/mol. The number of alkyl halides is 1. The normalized spacial score (nSPS) is 24.1. The SMILES string of the molecule is COC(=O)NC(C(=O)N1CC2(CCCO2)CC1c1ncc(-c2ccc3c(c2)C(C)(C)c2cc(F)c(-c4cnc(C5CC(F)CN5C(=O)C(N)C(C)C)[nH]4)cc2O3)[nH]1)C(C)C.